The van der Waals surface area contributed by atoms with Gasteiger partial charge in [-0.05, 0) is 42.0 Å². The summed E-state index contributed by atoms with van der Waals surface area (Å²) in [6.07, 6.45) is 1.77. The lowest BCUT2D eigenvalue weighted by molar-refractivity contribution is -0.122. The molecular weight excluding hydrogens is 432 g/mol. The fourth-order valence-electron chi connectivity index (χ4n) is 2.58. The number of amides is 2. The van der Waals surface area contributed by atoms with Gasteiger partial charge in [0.05, 0.1) is 17.7 Å². The van der Waals surface area contributed by atoms with Gasteiger partial charge in [0.1, 0.15) is 15.8 Å². The average molecular weight is 449 g/mol. The van der Waals surface area contributed by atoms with Crippen molar-refractivity contribution in [3.05, 3.63) is 58.0 Å². The zero-order valence-corrected chi connectivity index (χ0v) is 17.7. The van der Waals surface area contributed by atoms with E-state index in [0.717, 1.165) is 11.3 Å². The van der Waals surface area contributed by atoms with Crippen molar-refractivity contribution in [3.8, 4) is 11.5 Å². The molecule has 2 aromatic rings. The number of methoxy groups -OCH3 is 1. The summed E-state index contributed by atoms with van der Waals surface area (Å²) in [5, 5.41) is 12.7. The first-order valence-corrected chi connectivity index (χ1v) is 10.2. The van der Waals surface area contributed by atoms with E-state index in [9.17, 15) is 14.7 Å². The maximum atomic E-state index is 12.6. The summed E-state index contributed by atoms with van der Waals surface area (Å²) in [5.74, 6) is 0.0345. The third kappa shape index (κ3) is 5.29. The molecule has 1 saturated heterocycles. The van der Waals surface area contributed by atoms with E-state index in [1.54, 1.807) is 13.2 Å². The Morgan fingerprint density at radius 3 is 2.72 bits per heavy atom. The number of nitrogens with one attached hydrogen (secondary N) is 1. The van der Waals surface area contributed by atoms with Crippen molar-refractivity contribution < 1.29 is 19.4 Å². The molecule has 150 valence electrons. The molecule has 0 bridgehead atoms. The highest BCUT2D eigenvalue weighted by atomic mass is 35.5. The van der Waals surface area contributed by atoms with Gasteiger partial charge in [-0.2, -0.15) is 0 Å². The zero-order valence-electron chi connectivity index (χ0n) is 15.3. The summed E-state index contributed by atoms with van der Waals surface area (Å²) in [6.45, 7) is 0.137. The van der Waals surface area contributed by atoms with E-state index in [4.69, 9.17) is 28.6 Å². The maximum absolute atomic E-state index is 12.6. The van der Waals surface area contributed by atoms with Crippen LogP contribution < -0.4 is 10.1 Å². The largest absolute Gasteiger partial charge is 0.506 e. The number of carbonyl (C=O) groups excluding carboxylic acids is 2. The molecule has 1 heterocycles. The van der Waals surface area contributed by atoms with E-state index in [-0.39, 0.29) is 36.2 Å². The molecule has 1 fully saturated rings. The van der Waals surface area contributed by atoms with Gasteiger partial charge >= 0.3 is 0 Å². The third-order valence-electron chi connectivity index (χ3n) is 4.08. The second kappa shape index (κ2) is 9.30. The minimum absolute atomic E-state index is 0.0220. The summed E-state index contributed by atoms with van der Waals surface area (Å²) in [5.41, 5.74) is 1.06. The Bertz CT molecular complexity index is 992. The van der Waals surface area contributed by atoms with Gasteiger partial charge in [0, 0.05) is 18.0 Å². The molecule has 0 atom stereocenters. The molecule has 2 aromatic carbocycles. The lowest BCUT2D eigenvalue weighted by Crippen LogP contribution is -2.31. The monoisotopic (exact) mass is 448 g/mol. The van der Waals surface area contributed by atoms with Gasteiger partial charge in [-0.15, -0.1) is 0 Å². The summed E-state index contributed by atoms with van der Waals surface area (Å²) in [6, 6.07) is 11.7. The molecule has 9 heteroatoms. The highest BCUT2D eigenvalue weighted by Gasteiger charge is 2.32. The van der Waals surface area contributed by atoms with Gasteiger partial charge < -0.3 is 15.2 Å². The number of anilines is 1. The van der Waals surface area contributed by atoms with Gasteiger partial charge in [0.25, 0.3) is 5.91 Å². The van der Waals surface area contributed by atoms with Crippen molar-refractivity contribution in [3.63, 3.8) is 0 Å². The molecule has 6 nitrogen and oxygen atoms in total. The molecular formula is C20H17ClN2O4S2. The van der Waals surface area contributed by atoms with Crippen LogP contribution in [0.15, 0.2) is 47.4 Å². The van der Waals surface area contributed by atoms with Gasteiger partial charge in [-0.25, -0.2) is 0 Å². The topological polar surface area (TPSA) is 78.9 Å². The molecule has 1 aliphatic heterocycles. The Balaban J connectivity index is 1.61. The number of thiocarbonyl (C=S) groups is 1. The van der Waals surface area contributed by atoms with Crippen LogP contribution in [0.2, 0.25) is 5.02 Å². The first-order chi connectivity index (χ1) is 13.9. The standard InChI is InChI=1S/C20H17ClN2O4S2/c1-27-14-5-2-12(3-6-14)10-17-19(26)23(20(28)29-17)9-8-18(25)22-15-11-13(21)4-7-16(15)24/h2-7,10-11,24H,8-9H2,1H3,(H,22,25). The highest BCUT2D eigenvalue weighted by Crippen LogP contribution is 2.33. The molecule has 0 aliphatic carbocycles. The Hall–Kier alpha value is -2.55. The van der Waals surface area contributed by atoms with Crippen LogP contribution in [0.5, 0.6) is 11.5 Å². The zero-order chi connectivity index (χ0) is 21.0. The van der Waals surface area contributed by atoms with Crippen molar-refractivity contribution in [1.82, 2.24) is 4.90 Å². The van der Waals surface area contributed by atoms with Gasteiger partial charge in [-0.3, -0.25) is 14.5 Å². The van der Waals surface area contributed by atoms with Crippen LogP contribution in [0.3, 0.4) is 0 Å². The molecule has 2 N–H and O–H groups in total. The van der Waals surface area contributed by atoms with E-state index in [1.807, 2.05) is 24.3 Å². The molecule has 0 saturated carbocycles. The van der Waals surface area contributed by atoms with Crippen LogP contribution in [0.4, 0.5) is 5.69 Å². The van der Waals surface area contributed by atoms with E-state index in [1.165, 1.54) is 34.9 Å². The number of benzene rings is 2. The molecule has 0 spiro atoms. The lowest BCUT2D eigenvalue weighted by Gasteiger charge is -2.14. The maximum Gasteiger partial charge on any atom is 0.266 e. The Morgan fingerprint density at radius 2 is 2.03 bits per heavy atom. The van der Waals surface area contributed by atoms with Crippen LogP contribution in [-0.4, -0.2) is 39.8 Å². The summed E-state index contributed by atoms with van der Waals surface area (Å²) >= 11 is 12.4. The number of hydrogen-bond acceptors (Lipinski definition) is 6. The molecule has 2 amide bonds. The molecule has 1 aliphatic rings. The average Bonchev–Trinajstić information content (AvgIpc) is 2.96. The summed E-state index contributed by atoms with van der Waals surface area (Å²) in [4.78, 5) is 26.7. The first kappa shape index (κ1) is 21.2. The molecule has 3 rings (SSSR count). The van der Waals surface area contributed by atoms with E-state index < -0.39 is 0 Å². The van der Waals surface area contributed by atoms with E-state index >= 15 is 0 Å². The Kier molecular flexibility index (Phi) is 6.79. The van der Waals surface area contributed by atoms with Crippen molar-refractivity contribution in [2.75, 3.05) is 19.0 Å². The number of carbonyl (C=O) groups is 2. The fourth-order valence-corrected chi connectivity index (χ4v) is 4.06. The molecule has 0 radical (unpaired) electrons. The number of halogens is 1. The number of thioether (sulfide) groups is 1. The van der Waals surface area contributed by atoms with Crippen molar-refractivity contribution >= 4 is 63.5 Å². The molecule has 0 unspecified atom stereocenters. The van der Waals surface area contributed by atoms with Crippen LogP contribution in [0, 0.1) is 0 Å². The predicted molar refractivity (Wildman–Crippen MR) is 119 cm³/mol. The van der Waals surface area contributed by atoms with Crippen molar-refractivity contribution in [2.24, 2.45) is 0 Å². The Labute approximate surface area is 182 Å². The number of hydrogen-bond donors (Lipinski definition) is 2. The smallest absolute Gasteiger partial charge is 0.266 e. The highest BCUT2D eigenvalue weighted by molar-refractivity contribution is 8.26. The number of ether oxygens (including phenoxy) is 1. The van der Waals surface area contributed by atoms with Crippen LogP contribution in [0.1, 0.15) is 12.0 Å². The fraction of sp³-hybridized carbons (Fsp3) is 0.150. The SMILES string of the molecule is COc1ccc(C=C2SC(=S)N(CCC(=O)Nc3cc(Cl)ccc3O)C2=O)cc1. The first-order valence-electron chi connectivity index (χ1n) is 8.55. The molecule has 0 aromatic heterocycles. The number of nitrogens with zero attached hydrogens (tertiary/aromatic N) is 1. The number of phenols is 1. The third-order valence-corrected chi connectivity index (χ3v) is 5.70. The van der Waals surface area contributed by atoms with Crippen LogP contribution in [-0.2, 0) is 9.59 Å². The van der Waals surface area contributed by atoms with Crippen LogP contribution in [0.25, 0.3) is 6.08 Å². The Morgan fingerprint density at radius 1 is 1.31 bits per heavy atom. The van der Waals surface area contributed by atoms with Gasteiger partial charge in [0.15, 0.2) is 0 Å². The van der Waals surface area contributed by atoms with Gasteiger partial charge in [0.2, 0.25) is 5.91 Å². The number of rotatable bonds is 6. The van der Waals surface area contributed by atoms with Crippen molar-refractivity contribution in [2.45, 2.75) is 6.42 Å². The molecule has 29 heavy (non-hydrogen) atoms. The summed E-state index contributed by atoms with van der Waals surface area (Å²) < 4.78 is 5.52. The minimum Gasteiger partial charge on any atom is -0.506 e. The van der Waals surface area contributed by atoms with Gasteiger partial charge in [-0.1, -0.05) is 47.7 Å². The van der Waals surface area contributed by atoms with Crippen molar-refractivity contribution in [1.29, 1.82) is 0 Å². The lowest BCUT2D eigenvalue weighted by atomic mass is 10.2. The van der Waals surface area contributed by atoms with E-state index in [0.29, 0.717) is 14.2 Å². The van der Waals surface area contributed by atoms with Crippen LogP contribution >= 0.6 is 35.6 Å². The normalized spacial score (nSPS) is 15.1. The predicted octanol–water partition coefficient (Wildman–Crippen LogP) is 4.28. The van der Waals surface area contributed by atoms with E-state index in [2.05, 4.69) is 5.32 Å². The summed E-state index contributed by atoms with van der Waals surface area (Å²) in [7, 11) is 1.59. The minimum atomic E-state index is -0.365. The number of phenolic OH excluding ortho intramolecular Hbond substituents is 1. The second-order valence-electron chi connectivity index (χ2n) is 6.07. The quantitative estimate of drug-likeness (QED) is 0.390. The second-order valence-corrected chi connectivity index (χ2v) is 8.18. The number of aromatic hydroxyl groups is 1.